The molecule has 2 N–H and O–H groups in total. The summed E-state index contributed by atoms with van der Waals surface area (Å²) in [6.45, 7) is 5.00. The van der Waals surface area contributed by atoms with E-state index in [1.165, 1.54) is 11.1 Å². The number of ether oxygens (including phenoxy) is 3. The van der Waals surface area contributed by atoms with Crippen molar-refractivity contribution in [2.24, 2.45) is 22.1 Å². The maximum absolute atomic E-state index is 14.7. The van der Waals surface area contributed by atoms with Crippen LogP contribution < -0.4 is 14.4 Å². The van der Waals surface area contributed by atoms with Crippen LogP contribution in [0.3, 0.4) is 0 Å². The number of allylic oxidation sites excluding steroid dienone is 1. The first-order valence-electron chi connectivity index (χ1n) is 19.1. The van der Waals surface area contributed by atoms with Crippen LogP contribution >= 0.6 is 11.6 Å². The molecule has 1 fully saturated rings. The molecule has 7 atom stereocenters. The Kier molecular flexibility index (Phi) is 10.4. The summed E-state index contributed by atoms with van der Waals surface area (Å²) >= 11 is 6.45. The smallest absolute Gasteiger partial charge is 0.286 e. The van der Waals surface area contributed by atoms with Gasteiger partial charge in [0.15, 0.2) is 0 Å². The van der Waals surface area contributed by atoms with Gasteiger partial charge < -0.3 is 28.8 Å². The van der Waals surface area contributed by atoms with Gasteiger partial charge in [-0.25, -0.2) is 4.21 Å². The molecule has 54 heavy (non-hydrogen) atoms. The normalized spacial score (nSPS) is 31.4. The zero-order valence-corrected chi connectivity index (χ0v) is 32.4. The van der Waals surface area contributed by atoms with Crippen LogP contribution in [0.25, 0.3) is 0 Å². The Labute approximate surface area is 322 Å². The van der Waals surface area contributed by atoms with Crippen LogP contribution in [0, 0.1) is 17.8 Å². The topological polar surface area (TPSA) is 132 Å². The van der Waals surface area contributed by atoms with Crippen LogP contribution in [-0.4, -0.2) is 77.1 Å². The summed E-state index contributed by atoms with van der Waals surface area (Å²) < 4.78 is 41.3. The molecule has 2 bridgehead atoms. The maximum atomic E-state index is 14.7. The number of aliphatic hydroxyl groups excluding tert-OH is 1. The molecular weight excluding hydrogens is 728 g/mol. The molecule has 13 heteroatoms. The summed E-state index contributed by atoms with van der Waals surface area (Å²) in [5, 5.41) is 12.1. The number of benzene rings is 2. The lowest BCUT2D eigenvalue weighted by molar-refractivity contribution is -0.0382. The average Bonchev–Trinajstić information content (AvgIpc) is 3.49. The van der Waals surface area contributed by atoms with Crippen molar-refractivity contribution < 1.29 is 33.1 Å². The van der Waals surface area contributed by atoms with Crippen molar-refractivity contribution in [3.8, 4) is 5.75 Å². The lowest BCUT2D eigenvalue weighted by Crippen LogP contribution is -2.49. The van der Waals surface area contributed by atoms with Crippen molar-refractivity contribution in [1.29, 1.82) is 0 Å². The molecule has 2 aromatic carbocycles. The zero-order chi connectivity index (χ0) is 37.6. The standard InChI is InChI=1S/C41H49ClN4O7S/c1-26-5-3-7-37(47)34-11-8-29(34)18-46-24-41(14-4-6-27-15-31(42)10-12-35(27)41)25-53-38-13-9-28(17-36(38)46)39(48)43-54(50,23-26)44-40(49)30-16-32-21-52-33(22-51-2)20-45(32)19-30/h3,7,9-10,12-13,15-17,19,26,29,33-34,37,47H,4-6,8,11,14,18,20-25H2,1-2H3,(H,43,44,48,49,50)/b7-3+/t26-,29-,33+,34+,37-,41-,54?/m0/s1. The lowest BCUT2D eigenvalue weighted by Gasteiger charge is -2.45. The Balaban J connectivity index is 1.15. The first kappa shape index (κ1) is 37.3. The monoisotopic (exact) mass is 776 g/mol. The van der Waals surface area contributed by atoms with Gasteiger partial charge in [0.1, 0.15) is 15.7 Å². The Morgan fingerprint density at radius 1 is 1.19 bits per heavy atom. The number of carbonyl (C=O) groups is 2. The Hall–Kier alpha value is -3.68. The molecule has 5 aliphatic rings. The van der Waals surface area contributed by atoms with Gasteiger partial charge in [0.05, 0.1) is 55.6 Å². The molecule has 2 amide bonds. The number of amides is 2. The van der Waals surface area contributed by atoms with Crippen molar-refractivity contribution in [1.82, 2.24) is 9.29 Å². The molecule has 1 spiro atoms. The molecule has 0 radical (unpaired) electrons. The molecule has 11 nitrogen and oxygen atoms in total. The number of anilines is 1. The highest BCUT2D eigenvalue weighted by atomic mass is 35.5. The first-order valence-corrected chi connectivity index (χ1v) is 21.1. The molecule has 1 saturated carbocycles. The number of methoxy groups -OCH3 is 1. The number of rotatable bonds is 4. The second-order valence-electron chi connectivity index (χ2n) is 15.9. The van der Waals surface area contributed by atoms with E-state index in [1.807, 2.05) is 35.8 Å². The van der Waals surface area contributed by atoms with Crippen molar-refractivity contribution >= 4 is 39.0 Å². The third kappa shape index (κ3) is 7.47. The van der Waals surface area contributed by atoms with E-state index in [9.17, 15) is 18.9 Å². The van der Waals surface area contributed by atoms with E-state index in [0.29, 0.717) is 57.2 Å². The zero-order valence-electron chi connectivity index (χ0n) is 30.9. The minimum Gasteiger partial charge on any atom is -0.490 e. The number of hydrogen-bond donors (Lipinski definition) is 2. The number of aromatic nitrogens is 1. The molecule has 3 aliphatic heterocycles. The molecule has 2 aliphatic carbocycles. The fraction of sp³-hybridized carbons (Fsp3) is 0.512. The summed E-state index contributed by atoms with van der Waals surface area (Å²) in [5.41, 5.74) is 4.36. The van der Waals surface area contributed by atoms with Crippen LogP contribution in [-0.2, 0) is 44.4 Å². The number of hydrogen-bond acceptors (Lipinski definition) is 8. The number of nitrogens with one attached hydrogen (secondary N) is 1. The second-order valence-corrected chi connectivity index (χ2v) is 18.4. The molecule has 1 aromatic heterocycles. The van der Waals surface area contributed by atoms with E-state index >= 15 is 0 Å². The second kappa shape index (κ2) is 15.1. The SMILES string of the molecule is COC[C@H]1Cn2cc(C(=O)NS3(=O)=NC(=O)c4ccc5c(c4)N(C[C@@H]4CC[C@H]4[C@@H](O)/C=C/C[C@H](C)C3)C[C@@]3(CCCc4cc(Cl)ccc43)CO5)cc2CO1. The number of aryl methyl sites for hydroxylation is 1. The fourth-order valence-corrected chi connectivity index (χ4v) is 11.2. The minimum absolute atomic E-state index is 0.0460. The van der Waals surface area contributed by atoms with E-state index in [4.69, 9.17) is 25.8 Å². The van der Waals surface area contributed by atoms with Crippen molar-refractivity contribution in [2.45, 2.75) is 76.2 Å². The third-order valence-corrected chi connectivity index (χ3v) is 14.2. The summed E-state index contributed by atoms with van der Waals surface area (Å²) in [6, 6.07) is 13.2. The number of carbonyl (C=O) groups excluding carboxylic acids is 2. The molecule has 8 rings (SSSR count). The van der Waals surface area contributed by atoms with Gasteiger partial charge in [0.25, 0.3) is 11.8 Å². The van der Waals surface area contributed by atoms with Gasteiger partial charge >= 0.3 is 0 Å². The van der Waals surface area contributed by atoms with Crippen LogP contribution in [0.1, 0.15) is 76.6 Å². The highest BCUT2D eigenvalue weighted by molar-refractivity contribution is 7.92. The van der Waals surface area contributed by atoms with E-state index in [0.717, 1.165) is 48.5 Å². The first-order chi connectivity index (χ1) is 26.0. The van der Waals surface area contributed by atoms with Gasteiger partial charge in [-0.05, 0) is 104 Å². The summed E-state index contributed by atoms with van der Waals surface area (Å²) in [7, 11) is -1.98. The third-order valence-electron chi connectivity index (χ3n) is 12.0. The van der Waals surface area contributed by atoms with Gasteiger partial charge in [-0.15, -0.1) is 4.36 Å². The molecule has 288 valence electrons. The van der Waals surface area contributed by atoms with Crippen molar-refractivity contribution in [3.05, 3.63) is 93.8 Å². The van der Waals surface area contributed by atoms with E-state index in [2.05, 4.69) is 26.1 Å². The average molecular weight is 777 g/mol. The quantitative estimate of drug-likeness (QED) is 0.305. The fourth-order valence-electron chi connectivity index (χ4n) is 9.07. The molecule has 1 unspecified atom stereocenters. The van der Waals surface area contributed by atoms with Crippen LogP contribution in [0.15, 0.2) is 65.2 Å². The van der Waals surface area contributed by atoms with E-state index in [-0.39, 0.29) is 40.6 Å². The van der Waals surface area contributed by atoms with Gasteiger partial charge in [-0.3, -0.25) is 14.3 Å². The van der Waals surface area contributed by atoms with Gasteiger partial charge in [0.2, 0.25) is 0 Å². The van der Waals surface area contributed by atoms with Gasteiger partial charge in [-0.2, -0.15) is 0 Å². The molecule has 3 aromatic rings. The predicted molar refractivity (Wildman–Crippen MR) is 207 cm³/mol. The van der Waals surface area contributed by atoms with Crippen molar-refractivity contribution in [2.75, 3.05) is 44.1 Å². The van der Waals surface area contributed by atoms with Crippen LogP contribution in [0.4, 0.5) is 5.69 Å². The van der Waals surface area contributed by atoms with E-state index < -0.39 is 27.8 Å². The number of fused-ring (bicyclic) bond motifs is 5. The highest BCUT2D eigenvalue weighted by Crippen LogP contribution is 2.47. The Morgan fingerprint density at radius 2 is 2.06 bits per heavy atom. The van der Waals surface area contributed by atoms with Gasteiger partial charge in [-0.1, -0.05) is 36.7 Å². The molecule has 0 saturated heterocycles. The largest absolute Gasteiger partial charge is 0.490 e. The Morgan fingerprint density at radius 3 is 2.87 bits per heavy atom. The summed E-state index contributed by atoms with van der Waals surface area (Å²) in [4.78, 5) is 30.1. The lowest BCUT2D eigenvalue weighted by atomic mass is 9.68. The van der Waals surface area contributed by atoms with Gasteiger partial charge in [0, 0.05) is 48.1 Å². The predicted octanol–water partition coefficient (Wildman–Crippen LogP) is 6.10. The van der Waals surface area contributed by atoms with Crippen LogP contribution in [0.5, 0.6) is 5.75 Å². The molecular formula is C41H49ClN4O7S. The Bertz CT molecular complexity index is 2090. The molecule has 4 heterocycles. The van der Waals surface area contributed by atoms with Crippen molar-refractivity contribution in [3.63, 3.8) is 0 Å². The summed E-state index contributed by atoms with van der Waals surface area (Å²) in [5.74, 6) is -0.494. The highest BCUT2D eigenvalue weighted by Gasteiger charge is 2.44. The minimum atomic E-state index is -3.59. The maximum Gasteiger partial charge on any atom is 0.286 e. The number of halogens is 1. The number of aliphatic hydroxyl groups is 1. The number of nitrogens with zero attached hydrogens (tertiary/aromatic N) is 3. The summed E-state index contributed by atoms with van der Waals surface area (Å²) in [6.07, 6.45) is 10.1. The van der Waals surface area contributed by atoms with Crippen LogP contribution in [0.2, 0.25) is 5.02 Å². The van der Waals surface area contributed by atoms with E-state index in [1.54, 1.807) is 31.5 Å².